The lowest BCUT2D eigenvalue weighted by molar-refractivity contribution is 0.236. The zero-order chi connectivity index (χ0) is 5.98. The highest BCUT2D eigenvalue weighted by molar-refractivity contribution is 8.00. The predicted molar refractivity (Wildman–Crippen MR) is 38.4 cm³/mol. The minimum absolute atomic E-state index is 0.102. The van der Waals surface area contributed by atoms with Crippen LogP contribution in [0.3, 0.4) is 0 Å². The summed E-state index contributed by atoms with van der Waals surface area (Å²) in [6.07, 6.45) is 0. The van der Waals surface area contributed by atoms with Gasteiger partial charge in [0.25, 0.3) is 5.24 Å². The number of carbonyl (C=O) groups is 1. The molecule has 1 rings (SSSR count). The summed E-state index contributed by atoms with van der Waals surface area (Å²) in [6.45, 7) is 0.868. The average Bonchev–Trinajstić information content (AvgIpc) is 2.12. The first-order chi connectivity index (χ1) is 3.80. The molecule has 1 aliphatic heterocycles. The molecule has 0 radical (unpaired) electrons. The Morgan fingerprint density at radius 1 is 1.75 bits per heavy atom. The van der Waals surface area contributed by atoms with E-state index < -0.39 is 0 Å². The van der Waals surface area contributed by atoms with Gasteiger partial charge in [-0.2, -0.15) is 0 Å². The molecule has 0 aromatic carbocycles. The molecule has 0 spiro atoms. The van der Waals surface area contributed by atoms with Crippen LogP contribution in [0, 0.1) is 0 Å². The minimum Gasteiger partial charge on any atom is -0.324 e. The van der Waals surface area contributed by atoms with E-state index in [-0.39, 0.29) is 5.24 Å². The summed E-state index contributed by atoms with van der Waals surface area (Å²) >= 11 is 5.43. The Kier molecular flexibility index (Phi) is 2.08. The lowest BCUT2D eigenvalue weighted by atomic mass is 10.7. The van der Waals surface area contributed by atoms with Gasteiger partial charge in [-0.1, -0.05) is 12.6 Å². The molecule has 1 heterocycles. The number of hydrogen-bond acceptors (Lipinski definition) is 2. The third kappa shape index (κ3) is 1.32. The molecule has 1 aliphatic rings. The second-order valence-electron chi connectivity index (χ2n) is 1.58. The van der Waals surface area contributed by atoms with Gasteiger partial charge in [-0.3, -0.25) is 4.79 Å². The van der Waals surface area contributed by atoms with Gasteiger partial charge in [-0.05, 0) is 0 Å². The van der Waals surface area contributed by atoms with Crippen LogP contribution in [-0.4, -0.2) is 28.3 Å². The number of thioether (sulfide) groups is 1. The Morgan fingerprint density at radius 2 is 2.50 bits per heavy atom. The molecule has 2 nitrogen and oxygen atoms in total. The van der Waals surface area contributed by atoms with Crippen molar-refractivity contribution in [3.63, 3.8) is 0 Å². The van der Waals surface area contributed by atoms with Crippen molar-refractivity contribution in [1.82, 2.24) is 4.90 Å². The summed E-state index contributed by atoms with van der Waals surface area (Å²) in [7, 11) is 0. The van der Waals surface area contributed by atoms with Crippen molar-refractivity contribution in [1.29, 1.82) is 0 Å². The molecular formula is C4H7NOS2. The van der Waals surface area contributed by atoms with Crippen LogP contribution in [0.5, 0.6) is 0 Å². The normalized spacial score (nSPS) is 19.4. The van der Waals surface area contributed by atoms with Gasteiger partial charge in [0.2, 0.25) is 0 Å². The fourth-order valence-corrected chi connectivity index (χ4v) is 1.78. The van der Waals surface area contributed by atoms with Crippen LogP contribution in [0.2, 0.25) is 0 Å². The predicted octanol–water partition coefficient (Wildman–Crippen LogP) is 1.04. The smallest absolute Gasteiger partial charge is 0.279 e. The fraction of sp³-hybridized carbons (Fsp3) is 0.750. The van der Waals surface area contributed by atoms with Crippen molar-refractivity contribution in [2.45, 2.75) is 0 Å². The quantitative estimate of drug-likeness (QED) is 0.519. The number of hydrogen-bond donors (Lipinski definition) is 1. The van der Waals surface area contributed by atoms with Gasteiger partial charge in [0.05, 0.1) is 5.88 Å². The first-order valence-corrected chi connectivity index (χ1v) is 3.96. The highest BCUT2D eigenvalue weighted by atomic mass is 32.2. The van der Waals surface area contributed by atoms with Crippen LogP contribution in [-0.2, 0) is 0 Å². The summed E-state index contributed by atoms with van der Waals surface area (Å²) in [6, 6.07) is 0. The molecule has 1 fully saturated rings. The van der Waals surface area contributed by atoms with Gasteiger partial charge in [0, 0.05) is 12.3 Å². The molecule has 0 saturated carbocycles. The van der Waals surface area contributed by atoms with E-state index in [1.54, 1.807) is 16.7 Å². The minimum atomic E-state index is -0.102. The maximum atomic E-state index is 10.4. The van der Waals surface area contributed by atoms with E-state index >= 15 is 0 Å². The van der Waals surface area contributed by atoms with E-state index in [1.807, 2.05) is 0 Å². The Morgan fingerprint density at radius 3 is 2.75 bits per heavy atom. The number of nitrogens with zero attached hydrogens (tertiary/aromatic N) is 1. The molecule has 1 saturated heterocycles. The van der Waals surface area contributed by atoms with Gasteiger partial charge in [-0.25, -0.2) is 0 Å². The topological polar surface area (TPSA) is 20.3 Å². The lowest BCUT2D eigenvalue weighted by Gasteiger charge is -2.07. The SMILES string of the molecule is O=C(S)N1CCSC1. The van der Waals surface area contributed by atoms with Crippen LogP contribution in [0.15, 0.2) is 0 Å². The number of thiol groups is 1. The fourth-order valence-electron chi connectivity index (χ4n) is 0.565. The standard InChI is InChI=1S/C4H7NOS2/c6-4(7)5-1-2-8-3-5/h1-3H2,(H,6,7). The Labute approximate surface area is 58.0 Å². The highest BCUT2D eigenvalue weighted by Gasteiger charge is 2.13. The summed E-state index contributed by atoms with van der Waals surface area (Å²) in [5.74, 6) is 1.88. The van der Waals surface area contributed by atoms with E-state index in [2.05, 4.69) is 12.6 Å². The molecule has 46 valence electrons. The average molecular weight is 149 g/mol. The third-order valence-corrected chi connectivity index (χ3v) is 2.27. The summed E-state index contributed by atoms with van der Waals surface area (Å²) in [4.78, 5) is 12.1. The van der Waals surface area contributed by atoms with E-state index in [0.29, 0.717) is 0 Å². The van der Waals surface area contributed by atoms with E-state index in [1.165, 1.54) is 0 Å². The van der Waals surface area contributed by atoms with Crippen molar-refractivity contribution in [2.75, 3.05) is 18.2 Å². The number of amides is 1. The van der Waals surface area contributed by atoms with Gasteiger partial charge < -0.3 is 4.90 Å². The number of carbonyl (C=O) groups excluding carboxylic acids is 1. The molecule has 0 aromatic rings. The maximum absolute atomic E-state index is 10.4. The van der Waals surface area contributed by atoms with Crippen LogP contribution >= 0.6 is 24.4 Å². The zero-order valence-corrected chi connectivity index (χ0v) is 6.04. The second kappa shape index (κ2) is 2.64. The zero-order valence-electron chi connectivity index (χ0n) is 4.33. The van der Waals surface area contributed by atoms with E-state index in [4.69, 9.17) is 0 Å². The van der Waals surface area contributed by atoms with Gasteiger partial charge in [0.15, 0.2) is 0 Å². The van der Waals surface area contributed by atoms with Crippen molar-refractivity contribution >= 4 is 29.6 Å². The molecular weight excluding hydrogens is 142 g/mol. The molecule has 0 bridgehead atoms. The molecule has 8 heavy (non-hydrogen) atoms. The van der Waals surface area contributed by atoms with Crippen LogP contribution in [0.25, 0.3) is 0 Å². The van der Waals surface area contributed by atoms with Crippen molar-refractivity contribution in [3.8, 4) is 0 Å². The van der Waals surface area contributed by atoms with Crippen molar-refractivity contribution in [3.05, 3.63) is 0 Å². The lowest BCUT2D eigenvalue weighted by Crippen LogP contribution is -2.21. The first kappa shape index (κ1) is 6.29. The molecule has 0 unspecified atom stereocenters. The maximum Gasteiger partial charge on any atom is 0.279 e. The van der Waals surface area contributed by atoms with Crippen LogP contribution in [0.1, 0.15) is 0 Å². The first-order valence-electron chi connectivity index (χ1n) is 2.36. The monoisotopic (exact) mass is 149 g/mol. The number of rotatable bonds is 0. The molecule has 4 heteroatoms. The van der Waals surface area contributed by atoms with Crippen molar-refractivity contribution in [2.24, 2.45) is 0 Å². The summed E-state index contributed by atoms with van der Waals surface area (Å²) in [5.41, 5.74) is 0. The largest absolute Gasteiger partial charge is 0.324 e. The molecule has 0 atom stereocenters. The Hall–Kier alpha value is 0.170. The summed E-state index contributed by atoms with van der Waals surface area (Å²) in [5, 5.41) is -0.102. The van der Waals surface area contributed by atoms with Crippen LogP contribution < -0.4 is 0 Å². The van der Waals surface area contributed by atoms with Gasteiger partial charge in [-0.15, -0.1) is 11.8 Å². The second-order valence-corrected chi connectivity index (χ2v) is 3.04. The Balaban J connectivity index is 2.35. The summed E-state index contributed by atoms with van der Waals surface area (Å²) < 4.78 is 0. The third-order valence-electron chi connectivity index (χ3n) is 1.02. The molecule has 0 aromatic heterocycles. The van der Waals surface area contributed by atoms with E-state index in [9.17, 15) is 4.79 Å². The van der Waals surface area contributed by atoms with Crippen molar-refractivity contribution < 1.29 is 4.79 Å². The molecule has 0 aliphatic carbocycles. The van der Waals surface area contributed by atoms with Gasteiger partial charge >= 0.3 is 0 Å². The Bertz CT molecular complexity index is 100. The van der Waals surface area contributed by atoms with Gasteiger partial charge in [0.1, 0.15) is 0 Å². The van der Waals surface area contributed by atoms with Crippen LogP contribution in [0.4, 0.5) is 4.79 Å². The molecule has 0 N–H and O–H groups in total. The molecule has 1 amide bonds. The van der Waals surface area contributed by atoms with E-state index in [0.717, 1.165) is 18.2 Å². The highest BCUT2D eigenvalue weighted by Crippen LogP contribution is 2.14.